The zero-order chi connectivity index (χ0) is 10.3. The Morgan fingerprint density at radius 2 is 1.57 bits per heavy atom. The highest BCUT2D eigenvalue weighted by molar-refractivity contribution is 6.39. The largest absolute Gasteiger partial charge is 0.242 e. The van der Waals surface area contributed by atoms with Crippen LogP contribution in [-0.4, -0.2) is 4.98 Å². The second-order valence-electron chi connectivity index (χ2n) is 3.38. The first kappa shape index (κ1) is 9.75. The smallest absolute Gasteiger partial charge is 0.136 e. The van der Waals surface area contributed by atoms with Crippen LogP contribution in [0.1, 0.15) is 11.1 Å². The van der Waals surface area contributed by atoms with Crippen LogP contribution < -0.4 is 0 Å². The summed E-state index contributed by atoms with van der Waals surface area (Å²) in [4.78, 5) is 4.01. The number of hydrogen-bond acceptors (Lipinski definition) is 1. The van der Waals surface area contributed by atoms with Crippen molar-refractivity contribution in [2.24, 2.45) is 0 Å². The van der Waals surface area contributed by atoms with E-state index in [2.05, 4.69) is 11.9 Å². The number of halogens is 2. The fourth-order valence-corrected chi connectivity index (χ4v) is 1.85. The minimum absolute atomic E-state index is 0.507. The molecule has 0 fully saturated rings. The number of aromatic nitrogens is 1. The SMILES string of the molecule is Cc1cc2c(Cl)cnc(Cl)c2cc1C. The van der Waals surface area contributed by atoms with Crippen molar-refractivity contribution in [1.29, 1.82) is 0 Å². The van der Waals surface area contributed by atoms with Gasteiger partial charge >= 0.3 is 0 Å². The van der Waals surface area contributed by atoms with Gasteiger partial charge in [-0.1, -0.05) is 23.2 Å². The molecule has 0 saturated carbocycles. The van der Waals surface area contributed by atoms with Crippen LogP contribution in [0.2, 0.25) is 10.2 Å². The summed E-state index contributed by atoms with van der Waals surface area (Å²) in [7, 11) is 0. The van der Waals surface area contributed by atoms with Crippen molar-refractivity contribution in [1.82, 2.24) is 4.98 Å². The Morgan fingerprint density at radius 3 is 2.21 bits per heavy atom. The van der Waals surface area contributed by atoms with Crippen LogP contribution in [0, 0.1) is 13.8 Å². The molecule has 0 spiro atoms. The van der Waals surface area contributed by atoms with Crippen molar-refractivity contribution in [2.45, 2.75) is 13.8 Å². The van der Waals surface area contributed by atoms with E-state index in [1.165, 1.54) is 11.1 Å². The van der Waals surface area contributed by atoms with Gasteiger partial charge in [0.25, 0.3) is 0 Å². The second kappa shape index (κ2) is 3.41. The Labute approximate surface area is 92.7 Å². The second-order valence-corrected chi connectivity index (χ2v) is 4.14. The number of nitrogens with zero attached hydrogens (tertiary/aromatic N) is 1. The van der Waals surface area contributed by atoms with E-state index in [4.69, 9.17) is 23.2 Å². The van der Waals surface area contributed by atoms with Gasteiger partial charge in [-0.2, -0.15) is 0 Å². The van der Waals surface area contributed by atoms with Crippen LogP contribution >= 0.6 is 23.2 Å². The molecular weight excluding hydrogens is 217 g/mol. The maximum atomic E-state index is 6.03. The van der Waals surface area contributed by atoms with Crippen molar-refractivity contribution in [2.75, 3.05) is 0 Å². The lowest BCUT2D eigenvalue weighted by atomic mass is 10.0. The van der Waals surface area contributed by atoms with Crippen molar-refractivity contribution >= 4 is 34.0 Å². The molecule has 0 aliphatic carbocycles. The minimum Gasteiger partial charge on any atom is -0.242 e. The topological polar surface area (TPSA) is 12.9 Å². The fourth-order valence-electron chi connectivity index (χ4n) is 1.44. The van der Waals surface area contributed by atoms with Gasteiger partial charge in [0.1, 0.15) is 5.15 Å². The zero-order valence-electron chi connectivity index (χ0n) is 7.94. The molecule has 0 aliphatic rings. The number of rotatable bonds is 0. The molecule has 2 aromatic rings. The highest BCUT2D eigenvalue weighted by Gasteiger charge is 2.06. The van der Waals surface area contributed by atoms with Gasteiger partial charge in [0.05, 0.1) is 5.02 Å². The number of pyridine rings is 1. The van der Waals surface area contributed by atoms with Crippen LogP contribution in [0.5, 0.6) is 0 Å². The van der Waals surface area contributed by atoms with Gasteiger partial charge in [-0.05, 0) is 37.1 Å². The van der Waals surface area contributed by atoms with Gasteiger partial charge in [0.2, 0.25) is 0 Å². The van der Waals surface area contributed by atoms with Gasteiger partial charge in [0, 0.05) is 17.0 Å². The summed E-state index contributed by atoms with van der Waals surface area (Å²) in [6, 6.07) is 4.06. The van der Waals surface area contributed by atoms with Crippen LogP contribution in [0.15, 0.2) is 18.3 Å². The molecule has 0 atom stereocenters. The van der Waals surface area contributed by atoms with Crippen molar-refractivity contribution < 1.29 is 0 Å². The Morgan fingerprint density at radius 1 is 1.00 bits per heavy atom. The minimum atomic E-state index is 0.507. The fraction of sp³-hybridized carbons (Fsp3) is 0.182. The average molecular weight is 226 g/mol. The average Bonchev–Trinajstić information content (AvgIpc) is 2.15. The molecule has 14 heavy (non-hydrogen) atoms. The third kappa shape index (κ3) is 1.47. The molecule has 3 heteroatoms. The Kier molecular flexibility index (Phi) is 2.38. The summed E-state index contributed by atoms with van der Waals surface area (Å²) in [5.41, 5.74) is 2.41. The molecule has 0 aliphatic heterocycles. The molecule has 1 aromatic heterocycles. The summed E-state index contributed by atoms with van der Waals surface area (Å²) in [6.45, 7) is 4.10. The van der Waals surface area contributed by atoms with Crippen molar-refractivity contribution in [3.63, 3.8) is 0 Å². The number of fused-ring (bicyclic) bond motifs is 1. The van der Waals surface area contributed by atoms with E-state index < -0.39 is 0 Å². The summed E-state index contributed by atoms with van der Waals surface area (Å²) >= 11 is 12.0. The first-order valence-corrected chi connectivity index (χ1v) is 5.06. The molecule has 0 amide bonds. The van der Waals surface area contributed by atoms with E-state index in [-0.39, 0.29) is 0 Å². The molecule has 0 N–H and O–H groups in total. The first-order valence-electron chi connectivity index (χ1n) is 4.30. The molecular formula is C11H9Cl2N. The third-order valence-electron chi connectivity index (χ3n) is 2.40. The number of hydrogen-bond donors (Lipinski definition) is 0. The summed E-state index contributed by atoms with van der Waals surface area (Å²) < 4.78 is 0. The third-order valence-corrected chi connectivity index (χ3v) is 3.01. The van der Waals surface area contributed by atoms with E-state index in [9.17, 15) is 0 Å². The normalized spacial score (nSPS) is 10.9. The standard InChI is InChI=1S/C11H9Cl2N/c1-6-3-8-9(4-7(6)2)11(13)14-5-10(8)12/h3-5H,1-2H3. The maximum absolute atomic E-state index is 6.03. The zero-order valence-corrected chi connectivity index (χ0v) is 9.45. The van der Waals surface area contributed by atoms with Gasteiger partial charge in [-0.3, -0.25) is 0 Å². The van der Waals surface area contributed by atoms with Gasteiger partial charge < -0.3 is 0 Å². The molecule has 1 heterocycles. The lowest BCUT2D eigenvalue weighted by Gasteiger charge is -2.06. The highest BCUT2D eigenvalue weighted by Crippen LogP contribution is 2.29. The van der Waals surface area contributed by atoms with Crippen LogP contribution in [0.4, 0.5) is 0 Å². The monoisotopic (exact) mass is 225 g/mol. The first-order chi connectivity index (χ1) is 6.59. The number of benzene rings is 1. The van der Waals surface area contributed by atoms with E-state index >= 15 is 0 Å². The van der Waals surface area contributed by atoms with E-state index in [0.717, 1.165) is 10.8 Å². The van der Waals surface area contributed by atoms with Crippen molar-refractivity contribution in [3.05, 3.63) is 39.6 Å². The molecule has 72 valence electrons. The summed E-state index contributed by atoms with van der Waals surface area (Å²) in [5.74, 6) is 0. The summed E-state index contributed by atoms with van der Waals surface area (Å²) in [5, 5.41) is 3.04. The summed E-state index contributed by atoms with van der Waals surface area (Å²) in [6.07, 6.45) is 1.58. The molecule has 0 saturated heterocycles. The van der Waals surface area contributed by atoms with Crippen LogP contribution in [0.3, 0.4) is 0 Å². The molecule has 0 bridgehead atoms. The van der Waals surface area contributed by atoms with Gasteiger partial charge in [0.15, 0.2) is 0 Å². The van der Waals surface area contributed by atoms with E-state index in [1.54, 1.807) is 6.20 Å². The van der Waals surface area contributed by atoms with Crippen molar-refractivity contribution in [3.8, 4) is 0 Å². The molecule has 0 radical (unpaired) electrons. The maximum Gasteiger partial charge on any atom is 0.136 e. The predicted molar refractivity (Wildman–Crippen MR) is 61.2 cm³/mol. The lowest BCUT2D eigenvalue weighted by Crippen LogP contribution is -1.85. The Bertz CT molecular complexity index is 460. The lowest BCUT2D eigenvalue weighted by molar-refractivity contribution is 1.33. The van der Waals surface area contributed by atoms with E-state index in [0.29, 0.717) is 10.2 Å². The van der Waals surface area contributed by atoms with Gasteiger partial charge in [-0.15, -0.1) is 0 Å². The van der Waals surface area contributed by atoms with Crippen LogP contribution in [-0.2, 0) is 0 Å². The van der Waals surface area contributed by atoms with Crippen LogP contribution in [0.25, 0.3) is 10.8 Å². The number of aryl methyl sites for hydroxylation is 2. The molecule has 0 unspecified atom stereocenters. The molecule has 2 rings (SSSR count). The highest BCUT2D eigenvalue weighted by atomic mass is 35.5. The predicted octanol–water partition coefficient (Wildman–Crippen LogP) is 4.16. The Hall–Kier alpha value is -0.790. The molecule has 1 aromatic carbocycles. The quantitative estimate of drug-likeness (QED) is 0.614. The molecule has 1 nitrogen and oxygen atoms in total. The van der Waals surface area contributed by atoms with E-state index in [1.807, 2.05) is 19.1 Å². The Balaban J connectivity index is 2.94. The van der Waals surface area contributed by atoms with Gasteiger partial charge in [-0.25, -0.2) is 4.98 Å².